The van der Waals surface area contributed by atoms with E-state index in [0.717, 1.165) is 5.56 Å². The summed E-state index contributed by atoms with van der Waals surface area (Å²) in [7, 11) is 0. The van der Waals surface area contributed by atoms with Crippen molar-refractivity contribution in [3.05, 3.63) is 29.6 Å². The monoisotopic (exact) mass is 146 g/mol. The molecule has 56 valence electrons. The van der Waals surface area contributed by atoms with E-state index in [4.69, 9.17) is 12.2 Å². The Kier molecular flexibility index (Phi) is 2.25. The van der Waals surface area contributed by atoms with Crippen molar-refractivity contribution < 1.29 is 0 Å². The lowest BCUT2D eigenvalue weighted by Crippen LogP contribution is -2.05. The van der Waals surface area contributed by atoms with Crippen LogP contribution in [0, 0.1) is 12.3 Å². The predicted molar refractivity (Wildman–Crippen MR) is 44.8 cm³/mol. The summed E-state index contributed by atoms with van der Waals surface area (Å²) in [6.07, 6.45) is 6.84. The topological polar surface area (TPSA) is 38.9 Å². The molecule has 1 unspecified atom stereocenters. The van der Waals surface area contributed by atoms with Crippen molar-refractivity contribution in [3.8, 4) is 12.3 Å². The first kappa shape index (κ1) is 7.77. The second kappa shape index (κ2) is 3.18. The molecule has 1 rings (SSSR count). The van der Waals surface area contributed by atoms with Crippen molar-refractivity contribution in [1.82, 2.24) is 4.98 Å². The van der Waals surface area contributed by atoms with Gasteiger partial charge in [-0.15, -0.1) is 6.42 Å². The summed E-state index contributed by atoms with van der Waals surface area (Å²) in [6.45, 7) is 1.91. The van der Waals surface area contributed by atoms with Gasteiger partial charge in [0.05, 0.1) is 0 Å². The summed E-state index contributed by atoms with van der Waals surface area (Å²) in [4.78, 5) is 4.00. The molecular formula is C9H10N2. The normalized spacial score (nSPS) is 12.1. The molecule has 2 nitrogen and oxygen atoms in total. The Balaban J connectivity index is 2.94. The van der Waals surface area contributed by atoms with Gasteiger partial charge in [-0.05, 0) is 18.6 Å². The first-order valence-electron chi connectivity index (χ1n) is 3.42. The summed E-state index contributed by atoms with van der Waals surface area (Å²) in [6, 6.07) is 3.71. The fourth-order valence-electron chi connectivity index (χ4n) is 0.760. The van der Waals surface area contributed by atoms with Gasteiger partial charge in [0.25, 0.3) is 0 Å². The van der Waals surface area contributed by atoms with Gasteiger partial charge in [-0.25, -0.2) is 4.98 Å². The summed E-state index contributed by atoms with van der Waals surface area (Å²) in [5, 5.41) is 0. The van der Waals surface area contributed by atoms with Gasteiger partial charge in [0.15, 0.2) is 0 Å². The molecule has 0 spiro atoms. The van der Waals surface area contributed by atoms with E-state index >= 15 is 0 Å². The summed E-state index contributed by atoms with van der Waals surface area (Å²) in [5.41, 5.74) is 7.26. The number of terminal acetylenes is 1. The molecule has 0 bridgehead atoms. The Bertz CT molecular complexity index is 267. The predicted octanol–water partition coefficient (Wildman–Crippen LogP) is 1.08. The number of pyridine rings is 1. The van der Waals surface area contributed by atoms with E-state index in [2.05, 4.69) is 10.9 Å². The van der Waals surface area contributed by atoms with Gasteiger partial charge in [-0.2, -0.15) is 0 Å². The molecule has 0 saturated heterocycles. The summed E-state index contributed by atoms with van der Waals surface area (Å²) < 4.78 is 0. The van der Waals surface area contributed by atoms with E-state index in [1.807, 2.05) is 13.0 Å². The third-order valence-corrected chi connectivity index (χ3v) is 1.46. The molecule has 1 atom stereocenters. The Morgan fingerprint density at radius 1 is 1.64 bits per heavy atom. The molecule has 0 aromatic carbocycles. The fourth-order valence-corrected chi connectivity index (χ4v) is 0.760. The van der Waals surface area contributed by atoms with Crippen molar-refractivity contribution in [3.63, 3.8) is 0 Å². The van der Waals surface area contributed by atoms with E-state index in [-0.39, 0.29) is 6.04 Å². The average molecular weight is 146 g/mol. The van der Waals surface area contributed by atoms with Crippen LogP contribution in [0.4, 0.5) is 0 Å². The molecule has 0 aliphatic rings. The van der Waals surface area contributed by atoms with Gasteiger partial charge < -0.3 is 5.73 Å². The Hall–Kier alpha value is -1.33. The molecule has 1 heterocycles. The lowest BCUT2D eigenvalue weighted by Gasteiger charge is -2.02. The number of rotatable bonds is 1. The highest BCUT2D eigenvalue weighted by Gasteiger charge is 1.97. The highest BCUT2D eigenvalue weighted by molar-refractivity contribution is 5.27. The SMILES string of the molecule is C#Cc1ccc(C(C)N)cn1. The van der Waals surface area contributed by atoms with Gasteiger partial charge in [0, 0.05) is 12.2 Å². The van der Waals surface area contributed by atoms with E-state index in [1.165, 1.54) is 0 Å². The number of nitrogens with zero attached hydrogens (tertiary/aromatic N) is 1. The molecule has 0 saturated carbocycles. The maximum absolute atomic E-state index is 5.61. The Labute approximate surface area is 66.4 Å². The lowest BCUT2D eigenvalue weighted by molar-refractivity contribution is 0.811. The van der Waals surface area contributed by atoms with Crippen LogP contribution >= 0.6 is 0 Å². The van der Waals surface area contributed by atoms with Crippen LogP contribution in [0.1, 0.15) is 24.2 Å². The minimum Gasteiger partial charge on any atom is -0.324 e. The highest BCUT2D eigenvalue weighted by atomic mass is 14.7. The second-order valence-electron chi connectivity index (χ2n) is 2.41. The van der Waals surface area contributed by atoms with Gasteiger partial charge >= 0.3 is 0 Å². The standard InChI is InChI=1S/C9H10N2/c1-3-9-5-4-8(6-11-9)7(2)10/h1,4-7H,10H2,2H3. The molecule has 1 aromatic rings. The van der Waals surface area contributed by atoms with Crippen molar-refractivity contribution in [2.75, 3.05) is 0 Å². The van der Waals surface area contributed by atoms with Crippen molar-refractivity contribution in [1.29, 1.82) is 0 Å². The zero-order valence-corrected chi connectivity index (χ0v) is 6.41. The van der Waals surface area contributed by atoms with Crippen molar-refractivity contribution >= 4 is 0 Å². The van der Waals surface area contributed by atoms with Gasteiger partial charge in [0.2, 0.25) is 0 Å². The molecule has 2 heteroatoms. The second-order valence-corrected chi connectivity index (χ2v) is 2.41. The molecule has 11 heavy (non-hydrogen) atoms. The van der Waals surface area contributed by atoms with E-state index in [0.29, 0.717) is 5.69 Å². The average Bonchev–Trinajstić information content (AvgIpc) is 2.05. The molecule has 0 radical (unpaired) electrons. The maximum Gasteiger partial charge on any atom is 0.112 e. The number of aromatic nitrogens is 1. The smallest absolute Gasteiger partial charge is 0.112 e. The van der Waals surface area contributed by atoms with Crippen LogP contribution in [0.5, 0.6) is 0 Å². The third kappa shape index (κ3) is 1.79. The summed E-state index contributed by atoms with van der Waals surface area (Å²) in [5.74, 6) is 2.44. The number of hydrogen-bond donors (Lipinski definition) is 1. The largest absolute Gasteiger partial charge is 0.324 e. The fraction of sp³-hybridized carbons (Fsp3) is 0.222. The molecular weight excluding hydrogens is 136 g/mol. The zero-order valence-electron chi connectivity index (χ0n) is 6.41. The molecule has 0 fully saturated rings. The minimum atomic E-state index is 0.0225. The van der Waals surface area contributed by atoms with Crippen LogP contribution in [0.15, 0.2) is 18.3 Å². The van der Waals surface area contributed by atoms with Crippen LogP contribution in [0.3, 0.4) is 0 Å². The van der Waals surface area contributed by atoms with E-state index in [9.17, 15) is 0 Å². The third-order valence-electron chi connectivity index (χ3n) is 1.46. The van der Waals surface area contributed by atoms with E-state index < -0.39 is 0 Å². The van der Waals surface area contributed by atoms with E-state index in [1.54, 1.807) is 12.3 Å². The Morgan fingerprint density at radius 2 is 2.36 bits per heavy atom. The first-order chi connectivity index (χ1) is 5.24. The minimum absolute atomic E-state index is 0.0225. The molecule has 0 aliphatic heterocycles. The van der Waals surface area contributed by atoms with Crippen LogP contribution in [-0.2, 0) is 0 Å². The Morgan fingerprint density at radius 3 is 2.73 bits per heavy atom. The molecule has 1 aromatic heterocycles. The first-order valence-corrected chi connectivity index (χ1v) is 3.42. The van der Waals surface area contributed by atoms with Crippen LogP contribution in [-0.4, -0.2) is 4.98 Å². The number of nitrogens with two attached hydrogens (primary N) is 1. The molecule has 0 aliphatic carbocycles. The summed E-state index contributed by atoms with van der Waals surface area (Å²) >= 11 is 0. The lowest BCUT2D eigenvalue weighted by atomic mass is 10.1. The van der Waals surface area contributed by atoms with Gasteiger partial charge in [-0.3, -0.25) is 0 Å². The number of hydrogen-bond acceptors (Lipinski definition) is 2. The van der Waals surface area contributed by atoms with Gasteiger partial charge in [-0.1, -0.05) is 12.0 Å². The quantitative estimate of drug-likeness (QED) is 0.602. The highest BCUT2D eigenvalue weighted by Crippen LogP contribution is 2.06. The van der Waals surface area contributed by atoms with Crippen molar-refractivity contribution in [2.24, 2.45) is 5.73 Å². The van der Waals surface area contributed by atoms with Crippen LogP contribution in [0.25, 0.3) is 0 Å². The van der Waals surface area contributed by atoms with Crippen LogP contribution in [0.2, 0.25) is 0 Å². The molecule has 2 N–H and O–H groups in total. The maximum atomic E-state index is 5.61. The van der Waals surface area contributed by atoms with Gasteiger partial charge in [0.1, 0.15) is 5.69 Å². The van der Waals surface area contributed by atoms with Crippen molar-refractivity contribution in [2.45, 2.75) is 13.0 Å². The zero-order chi connectivity index (χ0) is 8.27. The van der Waals surface area contributed by atoms with Crippen LogP contribution < -0.4 is 5.73 Å². The molecule has 0 amide bonds.